The van der Waals surface area contributed by atoms with Crippen molar-refractivity contribution in [1.82, 2.24) is 0 Å². The van der Waals surface area contributed by atoms with Crippen LogP contribution in [0.3, 0.4) is 0 Å². The van der Waals surface area contributed by atoms with E-state index in [1.54, 1.807) is 29.2 Å². The molecule has 0 aromatic heterocycles. The van der Waals surface area contributed by atoms with E-state index in [4.69, 9.17) is 0 Å². The zero-order valence-electron chi connectivity index (χ0n) is 16.9. The number of hydrogen-bond donors (Lipinski definition) is 2. The van der Waals surface area contributed by atoms with E-state index in [1.807, 2.05) is 24.3 Å². The quantitative estimate of drug-likeness (QED) is 0.591. The standard InChI is InChI=1S/C24H20F3N3O2/c25-24(26,27)18-8-10-19(11-9-18)29-22(31)15-28-20-6-3-5-17(14-20)23(32)30-13-12-16-4-1-2-7-21(16)30/h1-11,14,28H,12-13,15H2,(H,29,31). The lowest BCUT2D eigenvalue weighted by molar-refractivity contribution is -0.137. The van der Waals surface area contributed by atoms with Crippen LogP contribution in [0.4, 0.5) is 30.2 Å². The fourth-order valence-corrected chi connectivity index (χ4v) is 3.60. The topological polar surface area (TPSA) is 61.4 Å². The van der Waals surface area contributed by atoms with Gasteiger partial charge in [-0.1, -0.05) is 24.3 Å². The van der Waals surface area contributed by atoms with Gasteiger partial charge in [0.1, 0.15) is 0 Å². The molecule has 1 heterocycles. The van der Waals surface area contributed by atoms with E-state index in [-0.39, 0.29) is 18.1 Å². The highest BCUT2D eigenvalue weighted by molar-refractivity contribution is 6.07. The maximum absolute atomic E-state index is 13.0. The van der Waals surface area contributed by atoms with E-state index < -0.39 is 17.6 Å². The van der Waals surface area contributed by atoms with Crippen LogP contribution in [0.5, 0.6) is 0 Å². The lowest BCUT2D eigenvalue weighted by Gasteiger charge is -2.18. The molecule has 3 aromatic carbocycles. The maximum Gasteiger partial charge on any atom is 0.416 e. The predicted molar refractivity (Wildman–Crippen MR) is 117 cm³/mol. The van der Waals surface area contributed by atoms with E-state index in [2.05, 4.69) is 10.6 Å². The summed E-state index contributed by atoms with van der Waals surface area (Å²) in [6.07, 6.45) is -3.62. The first kappa shape index (κ1) is 21.4. The molecule has 32 heavy (non-hydrogen) atoms. The Labute approximate surface area is 182 Å². The van der Waals surface area contributed by atoms with Gasteiger partial charge in [-0.25, -0.2) is 0 Å². The van der Waals surface area contributed by atoms with Gasteiger partial charge in [0, 0.05) is 29.2 Å². The van der Waals surface area contributed by atoms with E-state index in [1.165, 1.54) is 12.1 Å². The molecule has 0 unspecified atom stereocenters. The van der Waals surface area contributed by atoms with Gasteiger partial charge in [0.05, 0.1) is 12.1 Å². The summed E-state index contributed by atoms with van der Waals surface area (Å²) in [5, 5.41) is 5.48. The van der Waals surface area contributed by atoms with Crippen LogP contribution < -0.4 is 15.5 Å². The van der Waals surface area contributed by atoms with E-state index >= 15 is 0 Å². The average molecular weight is 439 g/mol. The van der Waals surface area contributed by atoms with E-state index in [0.29, 0.717) is 17.8 Å². The highest BCUT2D eigenvalue weighted by Crippen LogP contribution is 2.30. The number of nitrogens with one attached hydrogen (secondary N) is 2. The minimum Gasteiger partial charge on any atom is -0.376 e. The van der Waals surface area contributed by atoms with Crippen molar-refractivity contribution < 1.29 is 22.8 Å². The first-order chi connectivity index (χ1) is 15.3. The summed E-state index contributed by atoms with van der Waals surface area (Å²) in [6.45, 7) is 0.511. The van der Waals surface area contributed by atoms with Crippen molar-refractivity contribution in [2.45, 2.75) is 12.6 Å². The lowest BCUT2D eigenvalue weighted by atomic mass is 10.1. The van der Waals surface area contributed by atoms with Crippen LogP contribution in [-0.2, 0) is 17.4 Å². The Balaban J connectivity index is 1.36. The fourth-order valence-electron chi connectivity index (χ4n) is 3.60. The first-order valence-corrected chi connectivity index (χ1v) is 10.0. The minimum atomic E-state index is -4.43. The van der Waals surface area contributed by atoms with E-state index in [0.717, 1.165) is 29.8 Å². The molecule has 164 valence electrons. The second-order valence-corrected chi connectivity index (χ2v) is 7.39. The molecule has 5 nitrogen and oxygen atoms in total. The Bertz CT molecular complexity index is 1140. The predicted octanol–water partition coefficient (Wildman–Crippen LogP) is 4.96. The summed E-state index contributed by atoms with van der Waals surface area (Å²) >= 11 is 0. The third-order valence-electron chi connectivity index (χ3n) is 5.19. The molecule has 2 amide bonds. The van der Waals surface area contributed by atoms with E-state index in [9.17, 15) is 22.8 Å². The number of hydrogen-bond acceptors (Lipinski definition) is 3. The molecule has 0 aliphatic carbocycles. The molecule has 0 radical (unpaired) electrons. The number of rotatable bonds is 5. The Kier molecular flexibility index (Phi) is 5.85. The van der Waals surface area contributed by atoms with Gasteiger partial charge in [0.25, 0.3) is 5.91 Å². The fraction of sp³-hybridized carbons (Fsp3) is 0.167. The van der Waals surface area contributed by atoms with Gasteiger partial charge < -0.3 is 15.5 Å². The number of anilines is 3. The number of nitrogens with zero attached hydrogens (tertiary/aromatic N) is 1. The molecular weight excluding hydrogens is 419 g/mol. The molecule has 1 aliphatic rings. The van der Waals surface area contributed by atoms with Gasteiger partial charge in [0.15, 0.2) is 0 Å². The van der Waals surface area contributed by atoms with Crippen LogP contribution in [0.15, 0.2) is 72.8 Å². The Hall–Kier alpha value is -3.81. The summed E-state index contributed by atoms with van der Waals surface area (Å²) in [7, 11) is 0. The van der Waals surface area contributed by atoms with Crippen LogP contribution in [0.2, 0.25) is 0 Å². The van der Waals surface area contributed by atoms with Crippen molar-refractivity contribution in [3.8, 4) is 0 Å². The molecule has 0 saturated carbocycles. The highest BCUT2D eigenvalue weighted by Gasteiger charge is 2.30. The third kappa shape index (κ3) is 4.74. The van der Waals surface area contributed by atoms with Gasteiger partial charge in [-0.2, -0.15) is 13.2 Å². The van der Waals surface area contributed by atoms with Crippen molar-refractivity contribution in [3.63, 3.8) is 0 Å². The van der Waals surface area contributed by atoms with Crippen LogP contribution in [0, 0.1) is 0 Å². The Morgan fingerprint density at radius 2 is 1.66 bits per heavy atom. The molecular formula is C24H20F3N3O2. The highest BCUT2D eigenvalue weighted by atomic mass is 19.4. The zero-order chi connectivity index (χ0) is 22.7. The number of para-hydroxylation sites is 1. The van der Waals surface area contributed by atoms with Crippen LogP contribution >= 0.6 is 0 Å². The third-order valence-corrected chi connectivity index (χ3v) is 5.19. The molecule has 0 spiro atoms. The molecule has 0 saturated heterocycles. The summed E-state index contributed by atoms with van der Waals surface area (Å²) in [5.41, 5.74) is 2.61. The second-order valence-electron chi connectivity index (χ2n) is 7.39. The van der Waals surface area contributed by atoms with Gasteiger partial charge in [-0.15, -0.1) is 0 Å². The van der Waals surface area contributed by atoms with Crippen molar-refractivity contribution in [1.29, 1.82) is 0 Å². The minimum absolute atomic E-state index is 0.106. The molecule has 8 heteroatoms. The van der Waals surface area contributed by atoms with Crippen molar-refractivity contribution in [2.75, 3.05) is 28.6 Å². The number of fused-ring (bicyclic) bond motifs is 1. The van der Waals surface area contributed by atoms with Gasteiger partial charge >= 0.3 is 6.18 Å². The molecule has 1 aliphatic heterocycles. The Morgan fingerprint density at radius 3 is 2.41 bits per heavy atom. The molecule has 3 aromatic rings. The van der Waals surface area contributed by atoms with Crippen LogP contribution in [0.25, 0.3) is 0 Å². The summed E-state index contributed by atoms with van der Waals surface area (Å²) in [4.78, 5) is 26.9. The van der Waals surface area contributed by atoms with Crippen molar-refractivity contribution in [2.24, 2.45) is 0 Å². The smallest absolute Gasteiger partial charge is 0.376 e. The molecule has 4 rings (SSSR count). The maximum atomic E-state index is 13.0. The zero-order valence-corrected chi connectivity index (χ0v) is 16.9. The number of amides is 2. The SMILES string of the molecule is O=C(CNc1cccc(C(=O)N2CCc3ccccc32)c1)Nc1ccc(C(F)(F)F)cc1. The molecule has 0 bridgehead atoms. The number of alkyl halides is 3. The number of carbonyl (C=O) groups excluding carboxylic acids is 2. The summed E-state index contributed by atoms with van der Waals surface area (Å²) in [6, 6.07) is 18.9. The van der Waals surface area contributed by atoms with Crippen LogP contribution in [-0.4, -0.2) is 24.9 Å². The summed E-state index contributed by atoms with van der Waals surface area (Å²) < 4.78 is 37.9. The number of carbonyl (C=O) groups is 2. The molecule has 2 N–H and O–H groups in total. The first-order valence-electron chi connectivity index (χ1n) is 10.0. The Morgan fingerprint density at radius 1 is 0.906 bits per heavy atom. The van der Waals surface area contributed by atoms with Gasteiger partial charge in [-0.05, 0) is 60.5 Å². The largest absolute Gasteiger partial charge is 0.416 e. The second kappa shape index (κ2) is 8.74. The number of benzene rings is 3. The van der Waals surface area contributed by atoms with Crippen molar-refractivity contribution >= 4 is 28.9 Å². The van der Waals surface area contributed by atoms with Gasteiger partial charge in [-0.3, -0.25) is 9.59 Å². The molecule has 0 atom stereocenters. The monoisotopic (exact) mass is 439 g/mol. The molecule has 0 fully saturated rings. The number of halogens is 3. The summed E-state index contributed by atoms with van der Waals surface area (Å²) in [5.74, 6) is -0.539. The average Bonchev–Trinajstić information content (AvgIpc) is 3.21. The van der Waals surface area contributed by atoms with Gasteiger partial charge in [0.2, 0.25) is 5.91 Å². The van der Waals surface area contributed by atoms with Crippen molar-refractivity contribution in [3.05, 3.63) is 89.5 Å². The normalized spacial score (nSPS) is 12.9. The lowest BCUT2D eigenvalue weighted by Crippen LogP contribution is -2.29. The van der Waals surface area contributed by atoms with Crippen LogP contribution in [0.1, 0.15) is 21.5 Å².